The maximum atomic E-state index is 12.6. The van der Waals surface area contributed by atoms with Crippen LogP contribution < -0.4 is 10.1 Å². The maximum absolute atomic E-state index is 12.6. The van der Waals surface area contributed by atoms with Crippen molar-refractivity contribution in [2.75, 3.05) is 20.2 Å². The lowest BCUT2D eigenvalue weighted by atomic mass is 9.83. The van der Waals surface area contributed by atoms with Crippen molar-refractivity contribution in [2.24, 2.45) is 0 Å². The number of hydrogen-bond donors (Lipinski definition) is 1. The molecule has 0 spiro atoms. The molecule has 1 saturated heterocycles. The molecule has 1 saturated carbocycles. The number of nitrogens with one attached hydrogen (secondary N) is 1. The van der Waals surface area contributed by atoms with Crippen LogP contribution in [0.3, 0.4) is 0 Å². The summed E-state index contributed by atoms with van der Waals surface area (Å²) >= 11 is 0. The first-order valence-corrected chi connectivity index (χ1v) is 9.26. The predicted octanol–water partition coefficient (Wildman–Crippen LogP) is 3.17. The first-order chi connectivity index (χ1) is 12.2. The normalized spacial score (nSPS) is 23.0. The largest absolute Gasteiger partial charge is 0.497 e. The van der Waals surface area contributed by atoms with Crippen molar-refractivity contribution in [1.82, 2.24) is 10.2 Å². The number of nitriles is 1. The molecule has 1 aromatic carbocycles. The van der Waals surface area contributed by atoms with Crippen LogP contribution in [0, 0.1) is 11.3 Å². The summed E-state index contributed by atoms with van der Waals surface area (Å²) in [7, 11) is 1.67. The third-order valence-electron chi connectivity index (χ3n) is 5.49. The Morgan fingerprint density at radius 1 is 1.36 bits per heavy atom. The molecule has 1 amide bonds. The fourth-order valence-corrected chi connectivity index (χ4v) is 4.15. The Morgan fingerprint density at radius 3 is 2.88 bits per heavy atom. The molecule has 25 heavy (non-hydrogen) atoms. The summed E-state index contributed by atoms with van der Waals surface area (Å²) in [6.45, 7) is 1.26. The highest BCUT2D eigenvalue weighted by molar-refractivity contribution is 5.79. The molecule has 5 heteroatoms. The zero-order valence-electron chi connectivity index (χ0n) is 15.0. The van der Waals surface area contributed by atoms with Crippen molar-refractivity contribution in [3.8, 4) is 11.8 Å². The van der Waals surface area contributed by atoms with Gasteiger partial charge in [0.1, 0.15) is 11.3 Å². The van der Waals surface area contributed by atoms with Gasteiger partial charge in [-0.05, 0) is 49.9 Å². The van der Waals surface area contributed by atoms with Gasteiger partial charge < -0.3 is 10.1 Å². The SMILES string of the molecule is COc1cccc(C2CCCN2CC(=O)NC2(C#N)CCCCC2)c1. The molecule has 1 aliphatic heterocycles. The number of likely N-dealkylation sites (tertiary alicyclic amines) is 1. The molecule has 0 aromatic heterocycles. The van der Waals surface area contributed by atoms with E-state index in [4.69, 9.17) is 4.74 Å². The van der Waals surface area contributed by atoms with Crippen molar-refractivity contribution >= 4 is 5.91 Å². The van der Waals surface area contributed by atoms with Crippen LogP contribution in [0.15, 0.2) is 24.3 Å². The summed E-state index contributed by atoms with van der Waals surface area (Å²) in [6, 6.07) is 10.7. The molecule has 2 aliphatic rings. The van der Waals surface area contributed by atoms with Crippen molar-refractivity contribution in [3.05, 3.63) is 29.8 Å². The summed E-state index contributed by atoms with van der Waals surface area (Å²) in [5.41, 5.74) is 0.540. The average Bonchev–Trinajstić information content (AvgIpc) is 3.10. The second kappa shape index (κ2) is 7.88. The third-order valence-corrected chi connectivity index (χ3v) is 5.49. The monoisotopic (exact) mass is 341 g/mol. The van der Waals surface area contributed by atoms with Gasteiger partial charge in [-0.1, -0.05) is 31.4 Å². The molecule has 5 nitrogen and oxygen atoms in total. The molecule has 1 unspecified atom stereocenters. The Hall–Kier alpha value is -2.06. The number of ether oxygens (including phenoxy) is 1. The Bertz CT molecular complexity index is 647. The summed E-state index contributed by atoms with van der Waals surface area (Å²) in [4.78, 5) is 14.8. The molecule has 1 atom stereocenters. The Morgan fingerprint density at radius 2 is 2.16 bits per heavy atom. The number of benzene rings is 1. The van der Waals surface area contributed by atoms with E-state index in [0.717, 1.165) is 57.2 Å². The second-order valence-electron chi connectivity index (χ2n) is 7.21. The number of carbonyl (C=O) groups excluding carboxylic acids is 1. The van der Waals surface area contributed by atoms with Gasteiger partial charge in [0.15, 0.2) is 0 Å². The van der Waals surface area contributed by atoms with Crippen LogP contribution in [-0.2, 0) is 4.79 Å². The van der Waals surface area contributed by atoms with E-state index in [0.29, 0.717) is 6.54 Å². The third kappa shape index (κ3) is 4.13. The molecule has 0 radical (unpaired) electrons. The van der Waals surface area contributed by atoms with Gasteiger partial charge in [0.2, 0.25) is 5.91 Å². The number of methoxy groups -OCH3 is 1. The van der Waals surface area contributed by atoms with E-state index >= 15 is 0 Å². The van der Waals surface area contributed by atoms with E-state index in [9.17, 15) is 10.1 Å². The fraction of sp³-hybridized carbons (Fsp3) is 0.600. The zero-order valence-corrected chi connectivity index (χ0v) is 15.0. The van der Waals surface area contributed by atoms with Crippen LogP contribution in [0.5, 0.6) is 5.75 Å². The van der Waals surface area contributed by atoms with E-state index in [-0.39, 0.29) is 11.9 Å². The van der Waals surface area contributed by atoms with Gasteiger partial charge in [-0.3, -0.25) is 9.69 Å². The van der Waals surface area contributed by atoms with Crippen molar-refractivity contribution < 1.29 is 9.53 Å². The van der Waals surface area contributed by atoms with E-state index in [1.165, 1.54) is 5.56 Å². The maximum Gasteiger partial charge on any atom is 0.235 e. The minimum Gasteiger partial charge on any atom is -0.497 e. The number of amides is 1. The van der Waals surface area contributed by atoms with Crippen molar-refractivity contribution in [1.29, 1.82) is 5.26 Å². The lowest BCUT2D eigenvalue weighted by molar-refractivity contribution is -0.124. The van der Waals surface area contributed by atoms with Gasteiger partial charge in [-0.15, -0.1) is 0 Å². The molecule has 134 valence electrons. The standard InChI is InChI=1S/C20H27N3O2/c1-25-17-8-5-7-16(13-17)18-9-6-12-23(18)14-19(24)22-20(15-21)10-3-2-4-11-20/h5,7-8,13,18H,2-4,6,9-12,14H2,1H3,(H,22,24). The van der Waals surface area contributed by atoms with E-state index in [1.54, 1.807) is 7.11 Å². The average molecular weight is 341 g/mol. The summed E-state index contributed by atoms with van der Waals surface area (Å²) in [5.74, 6) is 0.817. The molecule has 1 aromatic rings. The van der Waals surface area contributed by atoms with E-state index in [1.807, 2.05) is 12.1 Å². The molecular weight excluding hydrogens is 314 g/mol. The van der Waals surface area contributed by atoms with Crippen LogP contribution in [0.25, 0.3) is 0 Å². The Balaban J connectivity index is 1.64. The van der Waals surface area contributed by atoms with Gasteiger partial charge in [0.05, 0.1) is 19.7 Å². The minimum atomic E-state index is -0.652. The number of rotatable bonds is 5. The molecule has 1 heterocycles. The van der Waals surface area contributed by atoms with Gasteiger partial charge in [-0.2, -0.15) is 5.26 Å². The van der Waals surface area contributed by atoms with Crippen LogP contribution >= 0.6 is 0 Å². The Labute approximate surface area is 150 Å². The molecule has 2 fully saturated rings. The molecule has 1 aliphatic carbocycles. The minimum absolute atomic E-state index is 0.0294. The molecule has 1 N–H and O–H groups in total. The first kappa shape index (κ1) is 17.8. The smallest absolute Gasteiger partial charge is 0.235 e. The van der Waals surface area contributed by atoms with Gasteiger partial charge >= 0.3 is 0 Å². The highest BCUT2D eigenvalue weighted by Gasteiger charge is 2.35. The highest BCUT2D eigenvalue weighted by atomic mass is 16.5. The molecular formula is C20H27N3O2. The number of nitrogens with zero attached hydrogens (tertiary/aromatic N) is 2. The van der Waals surface area contributed by atoms with Crippen LogP contribution in [0.1, 0.15) is 56.6 Å². The van der Waals surface area contributed by atoms with E-state index < -0.39 is 5.54 Å². The van der Waals surface area contributed by atoms with Crippen molar-refractivity contribution in [2.45, 2.75) is 56.5 Å². The van der Waals surface area contributed by atoms with Crippen LogP contribution in [0.4, 0.5) is 0 Å². The second-order valence-corrected chi connectivity index (χ2v) is 7.21. The lowest BCUT2D eigenvalue weighted by Crippen LogP contribution is -2.51. The van der Waals surface area contributed by atoms with Crippen LogP contribution in [0.2, 0.25) is 0 Å². The predicted molar refractivity (Wildman–Crippen MR) is 96.1 cm³/mol. The van der Waals surface area contributed by atoms with E-state index in [2.05, 4.69) is 28.4 Å². The zero-order chi connectivity index (χ0) is 17.7. The summed E-state index contributed by atoms with van der Waals surface area (Å²) in [5, 5.41) is 12.6. The Kier molecular flexibility index (Phi) is 5.60. The summed E-state index contributed by atoms with van der Waals surface area (Å²) < 4.78 is 5.33. The van der Waals surface area contributed by atoms with Gasteiger partial charge in [-0.25, -0.2) is 0 Å². The highest BCUT2D eigenvalue weighted by Crippen LogP contribution is 2.33. The lowest BCUT2D eigenvalue weighted by Gasteiger charge is -2.33. The molecule has 3 rings (SSSR count). The quantitative estimate of drug-likeness (QED) is 0.893. The van der Waals surface area contributed by atoms with Crippen molar-refractivity contribution in [3.63, 3.8) is 0 Å². The fourth-order valence-electron chi connectivity index (χ4n) is 4.15. The topological polar surface area (TPSA) is 65.4 Å². The summed E-state index contributed by atoms with van der Waals surface area (Å²) in [6.07, 6.45) is 6.86. The van der Waals surface area contributed by atoms with Gasteiger partial charge in [0, 0.05) is 6.04 Å². The van der Waals surface area contributed by atoms with Gasteiger partial charge in [0.25, 0.3) is 0 Å². The first-order valence-electron chi connectivity index (χ1n) is 9.26. The number of hydrogen-bond acceptors (Lipinski definition) is 4. The molecule has 0 bridgehead atoms. The number of carbonyl (C=O) groups is 1. The van der Waals surface area contributed by atoms with Crippen LogP contribution in [-0.4, -0.2) is 36.5 Å².